The van der Waals surface area contributed by atoms with Crippen LogP contribution in [0.25, 0.3) is 0 Å². The molecule has 1 aromatic heterocycles. The Morgan fingerprint density at radius 1 is 1.37 bits per heavy atom. The van der Waals surface area contributed by atoms with Crippen LogP contribution < -0.4 is 10.8 Å². The van der Waals surface area contributed by atoms with Crippen molar-refractivity contribution < 1.29 is 27.6 Å². The number of rotatable bonds is 6. The molecule has 0 aromatic carbocycles. The molecule has 1 heterocycles. The van der Waals surface area contributed by atoms with E-state index in [2.05, 4.69) is 10.2 Å². The van der Waals surface area contributed by atoms with Gasteiger partial charge in [-0.25, -0.2) is 5.48 Å². The molecule has 2 amide bonds. The van der Waals surface area contributed by atoms with Gasteiger partial charge in [0.15, 0.2) is 6.61 Å². The van der Waals surface area contributed by atoms with E-state index >= 15 is 0 Å². The Hall–Kier alpha value is -1.61. The van der Waals surface area contributed by atoms with Crippen molar-refractivity contribution in [3.63, 3.8) is 0 Å². The molecule has 0 spiro atoms. The van der Waals surface area contributed by atoms with Gasteiger partial charge in [0.25, 0.3) is 5.91 Å². The molecule has 0 unspecified atom stereocenters. The van der Waals surface area contributed by atoms with E-state index in [-0.39, 0.29) is 18.9 Å². The first-order valence-corrected chi connectivity index (χ1v) is 6.05. The van der Waals surface area contributed by atoms with E-state index in [1.54, 1.807) is 23.0 Å². The van der Waals surface area contributed by atoms with E-state index in [4.69, 9.17) is 0 Å². The van der Waals surface area contributed by atoms with Crippen LogP contribution in [-0.2, 0) is 9.63 Å². The molecule has 1 aromatic rings. The summed E-state index contributed by atoms with van der Waals surface area (Å²) in [6, 6.07) is 3.32. The molecule has 0 saturated heterocycles. The third-order valence-electron chi connectivity index (χ3n) is 1.80. The summed E-state index contributed by atoms with van der Waals surface area (Å²) in [5.74, 6) is -1.07. The number of hydrogen-bond donors (Lipinski definition) is 2. The quantitative estimate of drug-likeness (QED) is 0.781. The minimum Gasteiger partial charge on any atom is -0.351 e. The highest BCUT2D eigenvalue weighted by atomic mass is 32.1. The molecular weight excluding hydrogens is 285 g/mol. The maximum Gasteiger partial charge on any atom is 0.414 e. The van der Waals surface area contributed by atoms with Crippen molar-refractivity contribution >= 4 is 23.2 Å². The minimum absolute atomic E-state index is 0.0118. The van der Waals surface area contributed by atoms with Gasteiger partial charge < -0.3 is 5.32 Å². The number of halogens is 3. The Labute approximate surface area is 110 Å². The monoisotopic (exact) mass is 296 g/mol. The summed E-state index contributed by atoms with van der Waals surface area (Å²) in [7, 11) is 0. The van der Waals surface area contributed by atoms with Gasteiger partial charge in [-0.05, 0) is 11.4 Å². The Morgan fingerprint density at radius 3 is 2.68 bits per heavy atom. The molecule has 9 heteroatoms. The molecular formula is C10H11F3N2O3S. The normalized spacial score (nSPS) is 11.1. The van der Waals surface area contributed by atoms with Crippen LogP contribution in [0.2, 0.25) is 0 Å². The van der Waals surface area contributed by atoms with Crippen molar-refractivity contribution in [2.45, 2.75) is 12.6 Å². The fraction of sp³-hybridized carbons (Fsp3) is 0.400. The molecule has 106 valence electrons. The van der Waals surface area contributed by atoms with Gasteiger partial charge in [-0.3, -0.25) is 14.4 Å². The molecule has 0 atom stereocenters. The van der Waals surface area contributed by atoms with Gasteiger partial charge in [0, 0.05) is 13.0 Å². The zero-order valence-corrected chi connectivity index (χ0v) is 10.4. The van der Waals surface area contributed by atoms with Crippen LogP contribution >= 0.6 is 11.3 Å². The van der Waals surface area contributed by atoms with Crippen molar-refractivity contribution in [2.24, 2.45) is 0 Å². The van der Waals surface area contributed by atoms with Crippen LogP contribution in [0.5, 0.6) is 0 Å². The Bertz CT molecular complexity index is 420. The average molecular weight is 296 g/mol. The number of thiophene rings is 1. The number of alkyl halides is 3. The Balaban J connectivity index is 2.12. The van der Waals surface area contributed by atoms with E-state index in [9.17, 15) is 22.8 Å². The first kappa shape index (κ1) is 15.4. The van der Waals surface area contributed by atoms with Gasteiger partial charge in [0.2, 0.25) is 5.91 Å². The number of hydrogen-bond acceptors (Lipinski definition) is 4. The summed E-state index contributed by atoms with van der Waals surface area (Å²) in [5.41, 5.74) is 1.64. The lowest BCUT2D eigenvalue weighted by molar-refractivity contribution is -0.191. The highest BCUT2D eigenvalue weighted by molar-refractivity contribution is 7.12. The number of hydroxylamine groups is 1. The second kappa shape index (κ2) is 7.10. The standard InChI is InChI=1S/C10H11F3N2O3S/c11-10(12,13)6-18-15-8(16)3-4-14-9(17)7-2-1-5-19-7/h1-2,5H,3-4,6H2,(H,14,17)(H,15,16). The van der Waals surface area contributed by atoms with E-state index in [1.165, 1.54) is 11.3 Å². The topological polar surface area (TPSA) is 67.4 Å². The van der Waals surface area contributed by atoms with Crippen molar-refractivity contribution in [3.05, 3.63) is 22.4 Å². The van der Waals surface area contributed by atoms with Gasteiger partial charge >= 0.3 is 6.18 Å². The molecule has 0 radical (unpaired) electrons. The summed E-state index contributed by atoms with van der Waals surface area (Å²) < 4.78 is 35.1. The van der Waals surface area contributed by atoms with Gasteiger partial charge in [-0.2, -0.15) is 13.2 Å². The average Bonchev–Trinajstić information content (AvgIpc) is 2.80. The second-order valence-corrected chi connectivity index (χ2v) is 4.36. The molecule has 0 saturated carbocycles. The van der Waals surface area contributed by atoms with Crippen LogP contribution in [0.3, 0.4) is 0 Å². The summed E-state index contributed by atoms with van der Waals surface area (Å²) in [6.45, 7) is -1.54. The minimum atomic E-state index is -4.50. The lowest BCUT2D eigenvalue weighted by Crippen LogP contribution is -2.32. The van der Waals surface area contributed by atoms with Gasteiger partial charge in [-0.15, -0.1) is 11.3 Å². The molecule has 0 fully saturated rings. The largest absolute Gasteiger partial charge is 0.414 e. The summed E-state index contributed by atoms with van der Waals surface area (Å²) in [5, 5.41) is 4.18. The summed E-state index contributed by atoms with van der Waals surface area (Å²) in [6.07, 6.45) is -4.67. The zero-order valence-electron chi connectivity index (χ0n) is 9.62. The lowest BCUT2D eigenvalue weighted by Gasteiger charge is -2.08. The van der Waals surface area contributed by atoms with Crippen molar-refractivity contribution in [1.82, 2.24) is 10.8 Å². The number of nitrogens with one attached hydrogen (secondary N) is 2. The molecule has 0 aliphatic carbocycles. The predicted octanol–water partition coefficient (Wildman–Crippen LogP) is 1.48. The van der Waals surface area contributed by atoms with E-state index < -0.39 is 18.7 Å². The maximum absolute atomic E-state index is 11.7. The molecule has 0 aliphatic heterocycles. The molecule has 5 nitrogen and oxygen atoms in total. The van der Waals surface area contributed by atoms with E-state index in [0.29, 0.717) is 4.88 Å². The van der Waals surface area contributed by atoms with Gasteiger partial charge in [0.05, 0.1) is 4.88 Å². The third kappa shape index (κ3) is 6.77. The predicted molar refractivity (Wildman–Crippen MR) is 61.4 cm³/mol. The van der Waals surface area contributed by atoms with Gasteiger partial charge in [0.1, 0.15) is 0 Å². The molecule has 2 N–H and O–H groups in total. The number of amides is 2. The third-order valence-corrected chi connectivity index (χ3v) is 2.67. The van der Waals surface area contributed by atoms with Crippen LogP contribution in [0.4, 0.5) is 13.2 Å². The SMILES string of the molecule is O=C(CCNC(=O)c1cccs1)NOCC(F)(F)F. The first-order chi connectivity index (χ1) is 8.88. The highest BCUT2D eigenvalue weighted by Crippen LogP contribution is 2.13. The van der Waals surface area contributed by atoms with Crippen LogP contribution in [0.1, 0.15) is 16.1 Å². The number of carbonyl (C=O) groups excluding carboxylic acids is 2. The Morgan fingerprint density at radius 2 is 2.11 bits per heavy atom. The molecule has 19 heavy (non-hydrogen) atoms. The Kier molecular flexibility index (Phi) is 5.77. The van der Waals surface area contributed by atoms with Crippen LogP contribution in [0, 0.1) is 0 Å². The summed E-state index contributed by atoms with van der Waals surface area (Å²) >= 11 is 1.24. The van der Waals surface area contributed by atoms with E-state index in [1.807, 2.05) is 0 Å². The first-order valence-electron chi connectivity index (χ1n) is 5.17. The smallest absolute Gasteiger partial charge is 0.351 e. The maximum atomic E-state index is 11.7. The molecule has 0 aliphatic rings. The molecule has 0 bridgehead atoms. The van der Waals surface area contributed by atoms with E-state index in [0.717, 1.165) is 0 Å². The number of carbonyl (C=O) groups is 2. The van der Waals surface area contributed by atoms with Crippen molar-refractivity contribution in [3.8, 4) is 0 Å². The lowest BCUT2D eigenvalue weighted by atomic mass is 10.4. The fourth-order valence-electron chi connectivity index (χ4n) is 1.03. The zero-order chi connectivity index (χ0) is 14.3. The van der Waals surface area contributed by atoms with Crippen LogP contribution in [0.15, 0.2) is 17.5 Å². The van der Waals surface area contributed by atoms with Crippen molar-refractivity contribution in [2.75, 3.05) is 13.2 Å². The van der Waals surface area contributed by atoms with Gasteiger partial charge in [-0.1, -0.05) is 6.07 Å². The highest BCUT2D eigenvalue weighted by Gasteiger charge is 2.28. The fourth-order valence-corrected chi connectivity index (χ4v) is 1.67. The van der Waals surface area contributed by atoms with Crippen molar-refractivity contribution in [1.29, 1.82) is 0 Å². The van der Waals surface area contributed by atoms with Crippen LogP contribution in [-0.4, -0.2) is 31.1 Å². The second-order valence-electron chi connectivity index (χ2n) is 3.41. The molecule has 1 rings (SSSR count). The summed E-state index contributed by atoms with van der Waals surface area (Å²) in [4.78, 5) is 26.9.